The van der Waals surface area contributed by atoms with Gasteiger partial charge in [0.15, 0.2) is 5.79 Å². The number of halogens is 1. The molecule has 1 aliphatic carbocycles. The van der Waals surface area contributed by atoms with E-state index < -0.39 is 5.79 Å². The first-order valence-corrected chi connectivity index (χ1v) is 8.53. The van der Waals surface area contributed by atoms with Crippen molar-refractivity contribution in [1.29, 1.82) is 0 Å². The van der Waals surface area contributed by atoms with Crippen LogP contribution in [0.5, 0.6) is 0 Å². The summed E-state index contributed by atoms with van der Waals surface area (Å²) in [5.74, 6) is -0.308. The SMILES string of the molecule is C[C@H](CNC(=O)N[C@@H]1C[C@H]1c1cccc(F)c1)CC1(C)OCCO1. The second kappa shape index (κ2) is 7.07. The summed E-state index contributed by atoms with van der Waals surface area (Å²) in [7, 11) is 0. The van der Waals surface area contributed by atoms with Gasteiger partial charge in [0.1, 0.15) is 5.82 Å². The molecule has 1 saturated heterocycles. The zero-order chi connectivity index (χ0) is 17.2. The molecule has 0 radical (unpaired) electrons. The Hall–Kier alpha value is -1.66. The van der Waals surface area contributed by atoms with Crippen LogP contribution in [0, 0.1) is 11.7 Å². The second-order valence-corrected chi connectivity index (χ2v) is 7.00. The van der Waals surface area contributed by atoms with Gasteiger partial charge in [-0.1, -0.05) is 19.1 Å². The molecule has 2 amide bonds. The van der Waals surface area contributed by atoms with Crippen LogP contribution in [-0.2, 0) is 9.47 Å². The van der Waals surface area contributed by atoms with E-state index in [0.717, 1.165) is 18.4 Å². The molecule has 6 heteroatoms. The average Bonchev–Trinajstić information content (AvgIpc) is 3.16. The number of hydrogen-bond acceptors (Lipinski definition) is 3. The first-order valence-electron chi connectivity index (χ1n) is 8.53. The maximum atomic E-state index is 13.2. The third kappa shape index (κ3) is 4.45. The molecule has 5 nitrogen and oxygen atoms in total. The minimum atomic E-state index is -0.531. The lowest BCUT2D eigenvalue weighted by Crippen LogP contribution is -2.40. The minimum absolute atomic E-state index is 0.0844. The highest BCUT2D eigenvalue weighted by molar-refractivity contribution is 5.74. The maximum absolute atomic E-state index is 13.2. The third-order valence-electron chi connectivity index (χ3n) is 4.61. The number of hydrogen-bond donors (Lipinski definition) is 2. The van der Waals surface area contributed by atoms with Crippen molar-refractivity contribution in [3.05, 3.63) is 35.6 Å². The van der Waals surface area contributed by atoms with Crippen LogP contribution in [0.1, 0.15) is 38.2 Å². The van der Waals surface area contributed by atoms with Crippen LogP contribution in [0.3, 0.4) is 0 Å². The zero-order valence-corrected chi connectivity index (χ0v) is 14.2. The van der Waals surface area contributed by atoms with Gasteiger partial charge in [-0.05, 0) is 37.0 Å². The molecule has 1 aliphatic heterocycles. The summed E-state index contributed by atoms with van der Waals surface area (Å²) in [6, 6.07) is 6.48. The zero-order valence-electron chi connectivity index (χ0n) is 14.2. The summed E-state index contributed by atoms with van der Waals surface area (Å²) in [6.07, 6.45) is 1.59. The van der Waals surface area contributed by atoms with Crippen molar-refractivity contribution < 1.29 is 18.7 Å². The Morgan fingerprint density at radius 1 is 1.42 bits per heavy atom. The first-order chi connectivity index (χ1) is 11.5. The van der Waals surface area contributed by atoms with E-state index in [0.29, 0.717) is 19.8 Å². The third-order valence-corrected chi connectivity index (χ3v) is 4.61. The molecule has 3 rings (SSSR count). The molecule has 132 valence electrons. The monoisotopic (exact) mass is 336 g/mol. The Balaban J connectivity index is 1.37. The predicted octanol–water partition coefficient (Wildman–Crippen LogP) is 2.77. The lowest BCUT2D eigenvalue weighted by atomic mass is 10.0. The molecule has 0 spiro atoms. The molecule has 2 aliphatic rings. The van der Waals surface area contributed by atoms with E-state index in [1.165, 1.54) is 12.1 Å². The van der Waals surface area contributed by atoms with E-state index in [9.17, 15) is 9.18 Å². The molecule has 2 fully saturated rings. The molecule has 1 aromatic rings. The van der Waals surface area contributed by atoms with Crippen LogP contribution in [0.2, 0.25) is 0 Å². The van der Waals surface area contributed by atoms with Gasteiger partial charge in [0.25, 0.3) is 0 Å². The number of rotatable bonds is 6. The number of urea groups is 1. The van der Waals surface area contributed by atoms with Gasteiger partial charge in [-0.2, -0.15) is 0 Å². The molecule has 24 heavy (non-hydrogen) atoms. The maximum Gasteiger partial charge on any atom is 0.315 e. The molecule has 0 aromatic heterocycles. The van der Waals surface area contributed by atoms with E-state index in [4.69, 9.17) is 9.47 Å². The molecule has 1 heterocycles. The van der Waals surface area contributed by atoms with Crippen LogP contribution in [0.4, 0.5) is 9.18 Å². The van der Waals surface area contributed by atoms with Crippen molar-refractivity contribution in [2.24, 2.45) is 5.92 Å². The number of ether oxygens (including phenoxy) is 2. The quantitative estimate of drug-likeness (QED) is 0.840. The second-order valence-electron chi connectivity index (χ2n) is 7.00. The Labute approximate surface area is 141 Å². The van der Waals surface area contributed by atoms with Crippen LogP contribution >= 0.6 is 0 Å². The van der Waals surface area contributed by atoms with Crippen LogP contribution in [-0.4, -0.2) is 37.6 Å². The number of carbonyl (C=O) groups is 1. The van der Waals surface area contributed by atoms with Crippen LogP contribution in [0.15, 0.2) is 24.3 Å². The van der Waals surface area contributed by atoms with E-state index in [1.807, 2.05) is 13.0 Å². The molecule has 0 bridgehead atoms. The fourth-order valence-corrected chi connectivity index (χ4v) is 3.33. The number of nitrogens with one attached hydrogen (secondary N) is 2. The molecule has 1 saturated carbocycles. The minimum Gasteiger partial charge on any atom is -0.348 e. The van der Waals surface area contributed by atoms with Gasteiger partial charge in [0.05, 0.1) is 13.2 Å². The first kappa shape index (κ1) is 17.2. The van der Waals surface area contributed by atoms with Gasteiger partial charge in [-0.15, -0.1) is 0 Å². The largest absolute Gasteiger partial charge is 0.348 e. The summed E-state index contributed by atoms with van der Waals surface area (Å²) >= 11 is 0. The normalized spacial score (nSPS) is 26.0. The van der Waals surface area contributed by atoms with Crippen molar-refractivity contribution in [3.63, 3.8) is 0 Å². The summed E-state index contributed by atoms with van der Waals surface area (Å²) in [5.41, 5.74) is 0.942. The molecular formula is C18H25FN2O3. The van der Waals surface area contributed by atoms with Gasteiger partial charge in [-0.25, -0.2) is 9.18 Å². The van der Waals surface area contributed by atoms with Crippen molar-refractivity contribution in [1.82, 2.24) is 10.6 Å². The molecular weight excluding hydrogens is 311 g/mol. The van der Waals surface area contributed by atoms with Gasteiger partial charge in [0.2, 0.25) is 0 Å². The van der Waals surface area contributed by atoms with Crippen molar-refractivity contribution in [2.75, 3.05) is 19.8 Å². The lowest BCUT2D eigenvalue weighted by Gasteiger charge is -2.26. The number of amides is 2. The van der Waals surface area contributed by atoms with Gasteiger partial charge < -0.3 is 20.1 Å². The van der Waals surface area contributed by atoms with Gasteiger partial charge >= 0.3 is 6.03 Å². The fraction of sp³-hybridized carbons (Fsp3) is 0.611. The summed E-state index contributed by atoms with van der Waals surface area (Å²) in [6.45, 7) is 5.81. The predicted molar refractivity (Wildman–Crippen MR) is 88.2 cm³/mol. The highest BCUT2D eigenvalue weighted by Crippen LogP contribution is 2.40. The highest BCUT2D eigenvalue weighted by Gasteiger charge is 2.39. The summed E-state index contributed by atoms with van der Waals surface area (Å²) < 4.78 is 24.4. The van der Waals surface area contributed by atoms with E-state index >= 15 is 0 Å². The molecule has 2 N–H and O–H groups in total. The van der Waals surface area contributed by atoms with Crippen molar-refractivity contribution >= 4 is 6.03 Å². The smallest absolute Gasteiger partial charge is 0.315 e. The molecule has 1 aromatic carbocycles. The summed E-state index contributed by atoms with van der Waals surface area (Å²) in [5, 5.41) is 5.84. The highest BCUT2D eigenvalue weighted by atomic mass is 19.1. The van der Waals surface area contributed by atoms with E-state index in [2.05, 4.69) is 17.6 Å². The van der Waals surface area contributed by atoms with Crippen molar-refractivity contribution in [3.8, 4) is 0 Å². The number of benzene rings is 1. The lowest BCUT2D eigenvalue weighted by molar-refractivity contribution is -0.153. The molecule has 0 unspecified atom stereocenters. The Bertz CT molecular complexity index is 589. The Morgan fingerprint density at radius 3 is 2.88 bits per heavy atom. The Kier molecular flexibility index (Phi) is 5.06. The average molecular weight is 336 g/mol. The van der Waals surface area contributed by atoms with Crippen LogP contribution < -0.4 is 10.6 Å². The van der Waals surface area contributed by atoms with E-state index in [1.54, 1.807) is 6.07 Å². The Morgan fingerprint density at radius 2 is 2.17 bits per heavy atom. The standard InChI is InChI=1S/C18H25FN2O3/c1-12(10-18(2)23-6-7-24-18)11-20-17(22)21-16-9-15(16)13-4-3-5-14(19)8-13/h3-5,8,12,15-16H,6-7,9-11H2,1-2H3,(H2,20,21,22)/t12-,15-,16+/m0/s1. The number of carbonyl (C=O) groups excluding carboxylic acids is 1. The van der Waals surface area contributed by atoms with Crippen molar-refractivity contribution in [2.45, 2.75) is 44.4 Å². The van der Waals surface area contributed by atoms with Gasteiger partial charge in [0, 0.05) is 24.9 Å². The topological polar surface area (TPSA) is 59.6 Å². The summed E-state index contributed by atoms with van der Waals surface area (Å²) in [4.78, 5) is 12.0. The fourth-order valence-electron chi connectivity index (χ4n) is 3.33. The van der Waals surface area contributed by atoms with Gasteiger partial charge in [-0.3, -0.25) is 0 Å². The van der Waals surface area contributed by atoms with Crippen LogP contribution in [0.25, 0.3) is 0 Å². The van der Waals surface area contributed by atoms with E-state index in [-0.39, 0.29) is 29.7 Å². The molecule has 3 atom stereocenters.